The maximum Gasteiger partial charge on any atom is 0.120 e. The van der Waals surface area contributed by atoms with E-state index in [-0.39, 0.29) is 6.54 Å². The van der Waals surface area contributed by atoms with Crippen molar-refractivity contribution in [2.75, 3.05) is 13.7 Å². The highest BCUT2D eigenvalue weighted by Crippen LogP contribution is 2.10. The highest BCUT2D eigenvalue weighted by Gasteiger charge is 1.90. The van der Waals surface area contributed by atoms with Gasteiger partial charge in [0.2, 0.25) is 0 Å². The molecule has 0 fully saturated rings. The zero-order valence-corrected chi connectivity index (χ0v) is 7.77. The molecule has 0 aromatic heterocycles. The Balaban J connectivity index is 2.73. The molecule has 0 radical (unpaired) electrons. The van der Waals surface area contributed by atoms with Gasteiger partial charge in [0, 0.05) is 10.5 Å². The lowest BCUT2D eigenvalue weighted by molar-refractivity contribution is 0.414. The van der Waals surface area contributed by atoms with E-state index in [2.05, 4.69) is 21.9 Å². The fourth-order valence-electron chi connectivity index (χ4n) is 0.909. The van der Waals surface area contributed by atoms with E-state index in [0.29, 0.717) is 0 Å². The molecule has 0 amide bonds. The van der Waals surface area contributed by atoms with E-state index < -0.39 is 0 Å². The summed E-state index contributed by atoms with van der Waals surface area (Å²) < 4.78 is 5.03. The normalized spacial score (nSPS) is 8.07. The standard InChI is InChI=1S/C10H9N3O/c1-14-10-6-2-4-9(8-10)5-3-7-12-13-11/h2,4,6,8H,7H2,1H3. The first-order valence-corrected chi connectivity index (χ1v) is 4.00. The third kappa shape index (κ3) is 3.10. The molecule has 14 heavy (non-hydrogen) atoms. The molecule has 0 saturated heterocycles. The molecular formula is C10H9N3O. The summed E-state index contributed by atoms with van der Waals surface area (Å²) in [6.07, 6.45) is 0. The van der Waals surface area contributed by atoms with Gasteiger partial charge < -0.3 is 4.74 Å². The highest BCUT2D eigenvalue weighted by atomic mass is 16.5. The summed E-state index contributed by atoms with van der Waals surface area (Å²) in [5.74, 6) is 6.35. The minimum atomic E-state index is 0.188. The Morgan fingerprint density at radius 3 is 3.14 bits per heavy atom. The van der Waals surface area contributed by atoms with Gasteiger partial charge in [-0.3, -0.25) is 0 Å². The molecule has 0 aliphatic heterocycles. The lowest BCUT2D eigenvalue weighted by Gasteiger charge is -1.97. The number of azide groups is 1. The van der Waals surface area contributed by atoms with Crippen LogP contribution in [0, 0.1) is 11.8 Å². The van der Waals surface area contributed by atoms with Gasteiger partial charge in [0.1, 0.15) is 5.75 Å². The highest BCUT2D eigenvalue weighted by molar-refractivity contribution is 5.39. The molecule has 4 heteroatoms. The van der Waals surface area contributed by atoms with Gasteiger partial charge in [-0.1, -0.05) is 23.0 Å². The molecule has 1 rings (SSSR count). The van der Waals surface area contributed by atoms with Crippen molar-refractivity contribution >= 4 is 0 Å². The van der Waals surface area contributed by atoms with E-state index in [4.69, 9.17) is 10.3 Å². The topological polar surface area (TPSA) is 58.0 Å². The van der Waals surface area contributed by atoms with Crippen molar-refractivity contribution in [1.82, 2.24) is 0 Å². The van der Waals surface area contributed by atoms with Crippen LogP contribution in [0.4, 0.5) is 0 Å². The average molecular weight is 187 g/mol. The maximum absolute atomic E-state index is 8.02. The molecule has 70 valence electrons. The van der Waals surface area contributed by atoms with Crippen molar-refractivity contribution in [2.24, 2.45) is 5.11 Å². The van der Waals surface area contributed by atoms with Gasteiger partial charge in [-0.25, -0.2) is 0 Å². The molecular weight excluding hydrogens is 178 g/mol. The molecule has 0 aliphatic carbocycles. The minimum Gasteiger partial charge on any atom is -0.497 e. The Morgan fingerprint density at radius 1 is 1.57 bits per heavy atom. The SMILES string of the molecule is COc1cccc(C#CCN=[N+]=[N-])c1. The first kappa shape index (κ1) is 9.97. The van der Waals surface area contributed by atoms with Crippen molar-refractivity contribution in [3.63, 3.8) is 0 Å². The van der Waals surface area contributed by atoms with Crippen LogP contribution in [0.1, 0.15) is 5.56 Å². The minimum absolute atomic E-state index is 0.188. The van der Waals surface area contributed by atoms with E-state index in [1.807, 2.05) is 24.3 Å². The summed E-state index contributed by atoms with van der Waals surface area (Å²) in [6.45, 7) is 0.188. The van der Waals surface area contributed by atoms with Crippen molar-refractivity contribution in [1.29, 1.82) is 0 Å². The predicted octanol–water partition coefficient (Wildman–Crippen LogP) is 2.36. The van der Waals surface area contributed by atoms with E-state index in [9.17, 15) is 0 Å². The summed E-state index contributed by atoms with van der Waals surface area (Å²) in [6, 6.07) is 7.39. The van der Waals surface area contributed by atoms with Crippen molar-refractivity contribution < 1.29 is 4.74 Å². The Labute approximate surface area is 82.1 Å². The van der Waals surface area contributed by atoms with Gasteiger partial charge >= 0.3 is 0 Å². The van der Waals surface area contributed by atoms with Gasteiger partial charge in [0.15, 0.2) is 0 Å². The first-order chi connectivity index (χ1) is 6.86. The number of nitrogens with zero attached hydrogens (tertiary/aromatic N) is 3. The van der Waals surface area contributed by atoms with Crippen LogP contribution in [0.3, 0.4) is 0 Å². The van der Waals surface area contributed by atoms with Crippen LogP contribution in [0.15, 0.2) is 29.4 Å². The quantitative estimate of drug-likeness (QED) is 0.303. The Hall–Kier alpha value is -2.11. The average Bonchev–Trinajstić information content (AvgIpc) is 2.25. The number of ether oxygens (including phenoxy) is 1. The Morgan fingerprint density at radius 2 is 2.43 bits per heavy atom. The third-order valence-electron chi connectivity index (χ3n) is 1.52. The van der Waals surface area contributed by atoms with Crippen molar-refractivity contribution in [2.45, 2.75) is 0 Å². The summed E-state index contributed by atoms with van der Waals surface area (Å²) in [5.41, 5.74) is 8.86. The van der Waals surface area contributed by atoms with Gasteiger partial charge in [-0.2, -0.15) is 0 Å². The van der Waals surface area contributed by atoms with E-state index in [0.717, 1.165) is 11.3 Å². The second-order valence-electron chi connectivity index (χ2n) is 2.42. The smallest absolute Gasteiger partial charge is 0.120 e. The summed E-state index contributed by atoms with van der Waals surface area (Å²) in [4.78, 5) is 2.60. The Bertz CT molecular complexity index is 411. The zero-order valence-electron chi connectivity index (χ0n) is 7.77. The fraction of sp³-hybridized carbons (Fsp3) is 0.200. The van der Waals surface area contributed by atoms with Gasteiger partial charge in [0.05, 0.1) is 13.7 Å². The molecule has 0 atom stereocenters. The number of rotatable bonds is 2. The van der Waals surface area contributed by atoms with Crippen LogP contribution in [0.25, 0.3) is 10.4 Å². The van der Waals surface area contributed by atoms with E-state index >= 15 is 0 Å². The molecule has 0 spiro atoms. The molecule has 1 aromatic carbocycles. The zero-order chi connectivity index (χ0) is 10.2. The maximum atomic E-state index is 8.02. The molecule has 0 unspecified atom stereocenters. The summed E-state index contributed by atoms with van der Waals surface area (Å²) >= 11 is 0. The van der Waals surface area contributed by atoms with Crippen LogP contribution in [0.2, 0.25) is 0 Å². The van der Waals surface area contributed by atoms with Crippen LogP contribution in [0.5, 0.6) is 5.75 Å². The van der Waals surface area contributed by atoms with Crippen molar-refractivity contribution in [3.05, 3.63) is 40.3 Å². The lowest BCUT2D eigenvalue weighted by Crippen LogP contribution is -1.83. The molecule has 0 N–H and O–H groups in total. The number of benzene rings is 1. The Kier molecular flexibility index (Phi) is 3.93. The number of hydrogen-bond acceptors (Lipinski definition) is 2. The molecule has 4 nitrogen and oxygen atoms in total. The summed E-state index contributed by atoms with van der Waals surface area (Å²) in [7, 11) is 1.60. The van der Waals surface area contributed by atoms with E-state index in [1.165, 1.54) is 0 Å². The largest absolute Gasteiger partial charge is 0.497 e. The monoisotopic (exact) mass is 187 g/mol. The first-order valence-electron chi connectivity index (χ1n) is 4.00. The predicted molar refractivity (Wildman–Crippen MR) is 53.9 cm³/mol. The van der Waals surface area contributed by atoms with Gasteiger partial charge in [-0.15, -0.1) is 0 Å². The second-order valence-corrected chi connectivity index (χ2v) is 2.42. The van der Waals surface area contributed by atoms with Crippen LogP contribution < -0.4 is 4.74 Å². The van der Waals surface area contributed by atoms with Crippen LogP contribution in [-0.2, 0) is 0 Å². The van der Waals surface area contributed by atoms with Crippen LogP contribution >= 0.6 is 0 Å². The molecule has 0 heterocycles. The fourth-order valence-corrected chi connectivity index (χ4v) is 0.909. The van der Waals surface area contributed by atoms with Gasteiger partial charge in [-0.05, 0) is 23.7 Å². The summed E-state index contributed by atoms with van der Waals surface area (Å²) in [5, 5.41) is 3.31. The second kappa shape index (κ2) is 5.52. The van der Waals surface area contributed by atoms with Crippen molar-refractivity contribution in [3.8, 4) is 17.6 Å². The molecule has 0 bridgehead atoms. The number of hydrogen-bond donors (Lipinski definition) is 0. The molecule has 0 aliphatic rings. The lowest BCUT2D eigenvalue weighted by atomic mass is 10.2. The number of methoxy groups -OCH3 is 1. The molecule has 0 saturated carbocycles. The van der Waals surface area contributed by atoms with Gasteiger partial charge in [0.25, 0.3) is 0 Å². The van der Waals surface area contributed by atoms with E-state index in [1.54, 1.807) is 7.11 Å². The van der Waals surface area contributed by atoms with Crippen LogP contribution in [-0.4, -0.2) is 13.7 Å². The third-order valence-corrected chi connectivity index (χ3v) is 1.52. The molecule has 1 aromatic rings.